The Hall–Kier alpha value is -1.74. The third kappa shape index (κ3) is 3.13. The molecule has 4 heteroatoms. The molecule has 0 spiro atoms. The highest BCUT2D eigenvalue weighted by molar-refractivity contribution is 6.31. The molecule has 0 saturated heterocycles. The number of halogens is 2. The van der Waals surface area contributed by atoms with Crippen LogP contribution in [-0.4, -0.2) is 7.11 Å². The van der Waals surface area contributed by atoms with Crippen molar-refractivity contribution in [1.29, 1.82) is 0 Å². The van der Waals surface area contributed by atoms with Crippen molar-refractivity contribution in [2.24, 2.45) is 5.92 Å². The molecule has 1 unspecified atom stereocenters. The zero-order valence-electron chi connectivity index (χ0n) is 11.8. The van der Waals surface area contributed by atoms with Crippen LogP contribution in [0.5, 0.6) is 5.75 Å². The van der Waals surface area contributed by atoms with E-state index in [9.17, 15) is 4.39 Å². The highest BCUT2D eigenvalue weighted by Gasteiger charge is 2.32. The van der Waals surface area contributed by atoms with Crippen LogP contribution in [0.15, 0.2) is 42.5 Å². The van der Waals surface area contributed by atoms with Crippen LogP contribution in [0, 0.1) is 11.7 Å². The molecule has 2 aromatic carbocycles. The summed E-state index contributed by atoms with van der Waals surface area (Å²) in [6.45, 7) is 0. The lowest BCUT2D eigenvalue weighted by molar-refractivity contribution is 0.414. The van der Waals surface area contributed by atoms with Crippen molar-refractivity contribution in [3.05, 3.63) is 58.9 Å². The van der Waals surface area contributed by atoms with Gasteiger partial charge in [-0.15, -0.1) is 0 Å². The summed E-state index contributed by atoms with van der Waals surface area (Å²) in [7, 11) is 1.65. The molecule has 3 rings (SSSR count). The summed E-state index contributed by atoms with van der Waals surface area (Å²) in [5.41, 5.74) is 1.59. The predicted molar refractivity (Wildman–Crippen MR) is 83.5 cm³/mol. The van der Waals surface area contributed by atoms with E-state index in [1.54, 1.807) is 25.3 Å². The lowest BCUT2D eigenvalue weighted by Gasteiger charge is -2.21. The van der Waals surface area contributed by atoms with E-state index in [-0.39, 0.29) is 11.1 Å². The minimum absolute atomic E-state index is 0.101. The van der Waals surface area contributed by atoms with Crippen molar-refractivity contribution < 1.29 is 9.13 Å². The Morgan fingerprint density at radius 1 is 1.19 bits per heavy atom. The summed E-state index contributed by atoms with van der Waals surface area (Å²) in [4.78, 5) is 0. The maximum Gasteiger partial charge on any atom is 0.164 e. The first kappa shape index (κ1) is 14.2. The number of hydrogen-bond donors (Lipinski definition) is 1. The lowest BCUT2D eigenvalue weighted by Crippen LogP contribution is -2.14. The van der Waals surface area contributed by atoms with Crippen LogP contribution in [0.1, 0.15) is 24.4 Å². The van der Waals surface area contributed by atoms with Crippen molar-refractivity contribution >= 4 is 17.3 Å². The predicted octanol–water partition coefficient (Wildman–Crippen LogP) is 5.05. The van der Waals surface area contributed by atoms with Crippen LogP contribution in [-0.2, 0) is 0 Å². The Balaban J connectivity index is 1.86. The third-order valence-electron chi connectivity index (χ3n) is 3.83. The molecule has 0 heterocycles. The van der Waals surface area contributed by atoms with Gasteiger partial charge in [0.15, 0.2) is 5.82 Å². The molecule has 1 aliphatic carbocycles. The maximum atomic E-state index is 14.1. The summed E-state index contributed by atoms with van der Waals surface area (Å²) in [6, 6.07) is 13.0. The summed E-state index contributed by atoms with van der Waals surface area (Å²) in [5, 5.41) is 3.45. The Kier molecular flexibility index (Phi) is 4.02. The van der Waals surface area contributed by atoms with Crippen LogP contribution in [0.3, 0.4) is 0 Å². The smallest absolute Gasteiger partial charge is 0.164 e. The third-order valence-corrected chi connectivity index (χ3v) is 4.12. The molecule has 0 radical (unpaired) electrons. The minimum atomic E-state index is -0.390. The lowest BCUT2D eigenvalue weighted by atomic mass is 10.0. The first-order valence-corrected chi connectivity index (χ1v) is 7.41. The highest BCUT2D eigenvalue weighted by atomic mass is 35.5. The first-order chi connectivity index (χ1) is 10.2. The first-order valence-electron chi connectivity index (χ1n) is 7.03. The van der Waals surface area contributed by atoms with E-state index in [4.69, 9.17) is 16.3 Å². The van der Waals surface area contributed by atoms with Gasteiger partial charge in [-0.05, 0) is 48.6 Å². The van der Waals surface area contributed by atoms with Crippen LogP contribution in [0.4, 0.5) is 10.1 Å². The fourth-order valence-corrected chi connectivity index (χ4v) is 2.67. The molecule has 1 atom stereocenters. The fraction of sp³-hybridized carbons (Fsp3) is 0.294. The van der Waals surface area contributed by atoms with Gasteiger partial charge in [0.2, 0.25) is 0 Å². The second-order valence-electron chi connectivity index (χ2n) is 5.33. The van der Waals surface area contributed by atoms with Gasteiger partial charge in [0.1, 0.15) is 5.75 Å². The molecule has 21 heavy (non-hydrogen) atoms. The second-order valence-corrected chi connectivity index (χ2v) is 5.74. The molecule has 1 saturated carbocycles. The molecule has 0 aliphatic heterocycles. The van der Waals surface area contributed by atoms with Crippen LogP contribution in [0.25, 0.3) is 0 Å². The van der Waals surface area contributed by atoms with Crippen LogP contribution < -0.4 is 10.1 Å². The molecule has 1 aliphatic rings. The van der Waals surface area contributed by atoms with Crippen LogP contribution >= 0.6 is 11.6 Å². The number of methoxy groups -OCH3 is 1. The van der Waals surface area contributed by atoms with E-state index in [1.807, 2.05) is 24.3 Å². The van der Waals surface area contributed by atoms with Crippen LogP contribution in [0.2, 0.25) is 5.02 Å². The number of nitrogens with one attached hydrogen (secondary N) is 1. The molecule has 110 valence electrons. The van der Waals surface area contributed by atoms with Gasteiger partial charge in [-0.25, -0.2) is 4.39 Å². The van der Waals surface area contributed by atoms with E-state index in [2.05, 4.69) is 5.32 Å². The molecular formula is C17H17ClFNO. The van der Waals surface area contributed by atoms with Crippen molar-refractivity contribution in [1.82, 2.24) is 0 Å². The van der Waals surface area contributed by atoms with Gasteiger partial charge < -0.3 is 10.1 Å². The Morgan fingerprint density at radius 3 is 2.52 bits per heavy atom. The number of anilines is 1. The standard InChI is InChI=1S/C17H17ClFNO/c1-21-13-9-7-12(8-10-13)17(11-5-6-11)20-15-4-2-3-14(18)16(15)19/h2-4,7-11,17,20H,5-6H2,1H3. The normalized spacial score (nSPS) is 15.6. The zero-order chi connectivity index (χ0) is 14.8. The van der Waals surface area contributed by atoms with Crippen molar-refractivity contribution in [2.75, 3.05) is 12.4 Å². The fourth-order valence-electron chi connectivity index (χ4n) is 2.50. The summed E-state index contributed by atoms with van der Waals surface area (Å²) < 4.78 is 19.2. The van der Waals surface area contributed by atoms with Gasteiger partial charge in [-0.1, -0.05) is 29.8 Å². The number of hydrogen-bond acceptors (Lipinski definition) is 2. The van der Waals surface area contributed by atoms with Gasteiger partial charge in [0.05, 0.1) is 23.9 Å². The summed E-state index contributed by atoms with van der Waals surface area (Å²) in [6.07, 6.45) is 2.32. The number of benzene rings is 2. The summed E-state index contributed by atoms with van der Waals surface area (Å²) in [5.74, 6) is 0.970. The maximum absolute atomic E-state index is 14.1. The molecule has 2 nitrogen and oxygen atoms in total. The van der Waals surface area contributed by atoms with E-state index in [1.165, 1.54) is 0 Å². The Bertz CT molecular complexity index is 625. The number of rotatable bonds is 5. The average Bonchev–Trinajstić information content (AvgIpc) is 3.34. The summed E-state index contributed by atoms with van der Waals surface area (Å²) >= 11 is 5.85. The van der Waals surface area contributed by atoms with E-state index >= 15 is 0 Å². The Labute approximate surface area is 128 Å². The molecule has 1 fully saturated rings. The minimum Gasteiger partial charge on any atom is -0.497 e. The SMILES string of the molecule is COc1ccc(C(Nc2cccc(Cl)c2F)C2CC2)cc1. The second kappa shape index (κ2) is 5.94. The van der Waals surface area contributed by atoms with E-state index in [0.717, 1.165) is 24.2 Å². The largest absolute Gasteiger partial charge is 0.497 e. The number of ether oxygens (including phenoxy) is 1. The molecule has 2 aromatic rings. The van der Waals surface area contributed by atoms with Gasteiger partial charge in [0.25, 0.3) is 0 Å². The molecule has 1 N–H and O–H groups in total. The van der Waals surface area contributed by atoms with E-state index < -0.39 is 5.82 Å². The van der Waals surface area contributed by atoms with Crippen molar-refractivity contribution in [3.63, 3.8) is 0 Å². The van der Waals surface area contributed by atoms with Gasteiger partial charge in [-0.2, -0.15) is 0 Å². The topological polar surface area (TPSA) is 21.3 Å². The molecule has 0 bridgehead atoms. The molecule has 0 amide bonds. The van der Waals surface area contributed by atoms with Crippen molar-refractivity contribution in [2.45, 2.75) is 18.9 Å². The molecular weight excluding hydrogens is 289 g/mol. The van der Waals surface area contributed by atoms with Gasteiger partial charge in [-0.3, -0.25) is 0 Å². The van der Waals surface area contributed by atoms with Gasteiger partial charge in [0, 0.05) is 0 Å². The average molecular weight is 306 g/mol. The Morgan fingerprint density at radius 2 is 1.90 bits per heavy atom. The zero-order valence-corrected chi connectivity index (χ0v) is 12.5. The quantitative estimate of drug-likeness (QED) is 0.834. The monoisotopic (exact) mass is 305 g/mol. The molecule has 0 aromatic heterocycles. The van der Waals surface area contributed by atoms with Gasteiger partial charge >= 0.3 is 0 Å². The van der Waals surface area contributed by atoms with Crippen molar-refractivity contribution in [3.8, 4) is 5.75 Å². The van der Waals surface area contributed by atoms with E-state index in [0.29, 0.717) is 11.6 Å². The highest BCUT2D eigenvalue weighted by Crippen LogP contribution is 2.43.